The van der Waals surface area contributed by atoms with Crippen molar-refractivity contribution in [2.75, 3.05) is 39.9 Å². The highest BCUT2D eigenvalue weighted by molar-refractivity contribution is 8.18. The lowest BCUT2D eigenvalue weighted by atomic mass is 9.95. The van der Waals surface area contributed by atoms with Gasteiger partial charge < -0.3 is 15.4 Å². The standard InChI is InChI=1S/C23H26F6N4O3S/c1-36-9-6-30-19(34)12-31-20-18(37-21(35)32-20)10-14-4-7-33(8-5-14)13-15-2-3-16(22(24,25)26)11-17(15)23(27,28)29/h2-3,10-11,14H,4-9,12-13H2,1H3,(H,30,34)(H,31,32,35)/b18-10-. The van der Waals surface area contributed by atoms with Crippen LogP contribution in [-0.4, -0.2) is 61.8 Å². The molecule has 2 aliphatic rings. The molecule has 0 unspecified atom stereocenters. The zero-order valence-electron chi connectivity index (χ0n) is 19.8. The van der Waals surface area contributed by atoms with Gasteiger partial charge in [-0.1, -0.05) is 12.1 Å². The van der Waals surface area contributed by atoms with Crippen LogP contribution in [0, 0.1) is 5.92 Å². The van der Waals surface area contributed by atoms with Crippen LogP contribution >= 0.6 is 11.8 Å². The molecule has 204 valence electrons. The molecule has 2 heterocycles. The van der Waals surface area contributed by atoms with Crippen LogP contribution < -0.4 is 10.6 Å². The number of nitrogens with zero attached hydrogens (tertiary/aromatic N) is 2. The number of nitrogens with one attached hydrogen (secondary N) is 2. The molecule has 0 atom stereocenters. The number of carbonyl (C=O) groups is 2. The summed E-state index contributed by atoms with van der Waals surface area (Å²) in [6, 6.07) is 1.72. The average Bonchev–Trinajstić information content (AvgIpc) is 3.16. The van der Waals surface area contributed by atoms with E-state index in [0.717, 1.165) is 17.8 Å². The Labute approximate surface area is 213 Å². The minimum atomic E-state index is -4.91. The fraction of sp³-hybridized carbons (Fsp3) is 0.522. The Morgan fingerprint density at radius 2 is 1.92 bits per heavy atom. The van der Waals surface area contributed by atoms with Crippen LogP contribution in [0.5, 0.6) is 0 Å². The molecule has 0 aliphatic carbocycles. The number of hydrogen-bond donors (Lipinski definition) is 2. The van der Waals surface area contributed by atoms with Crippen molar-refractivity contribution in [1.82, 2.24) is 15.5 Å². The number of allylic oxidation sites excluding steroid dienone is 1. The van der Waals surface area contributed by atoms with Crippen LogP contribution in [0.15, 0.2) is 34.2 Å². The summed E-state index contributed by atoms with van der Waals surface area (Å²) in [5, 5.41) is 4.89. The SMILES string of the molecule is COCCNC(=O)CN=C1NC(=O)S/C1=C\C1CCN(Cc2ccc(C(F)(F)F)cc2C(F)(F)F)CC1. The summed E-state index contributed by atoms with van der Waals surface area (Å²) in [5.74, 6) is -0.0226. The van der Waals surface area contributed by atoms with Crippen molar-refractivity contribution in [3.8, 4) is 0 Å². The summed E-state index contributed by atoms with van der Waals surface area (Å²) in [5.41, 5.74) is -2.83. The predicted molar refractivity (Wildman–Crippen MR) is 126 cm³/mol. The molecule has 1 aromatic rings. The molecule has 3 rings (SSSR count). The summed E-state index contributed by atoms with van der Waals surface area (Å²) < 4.78 is 83.9. The fourth-order valence-corrected chi connectivity index (χ4v) is 4.77. The third kappa shape index (κ3) is 8.47. The number of amidine groups is 1. The Balaban J connectivity index is 1.61. The molecule has 2 N–H and O–H groups in total. The Hall–Kier alpha value is -2.58. The van der Waals surface area contributed by atoms with E-state index in [2.05, 4.69) is 15.6 Å². The summed E-state index contributed by atoms with van der Waals surface area (Å²) >= 11 is 0.950. The van der Waals surface area contributed by atoms with Gasteiger partial charge in [-0.15, -0.1) is 0 Å². The fourth-order valence-electron chi connectivity index (χ4n) is 3.95. The minimum absolute atomic E-state index is 0.0156. The zero-order chi connectivity index (χ0) is 27.2. The predicted octanol–water partition coefficient (Wildman–Crippen LogP) is 4.44. The summed E-state index contributed by atoms with van der Waals surface area (Å²) in [7, 11) is 1.51. The van der Waals surface area contributed by atoms with E-state index >= 15 is 0 Å². The van der Waals surface area contributed by atoms with E-state index < -0.39 is 23.5 Å². The number of carbonyl (C=O) groups excluding carboxylic acids is 2. The van der Waals surface area contributed by atoms with E-state index in [0.29, 0.717) is 55.9 Å². The maximum Gasteiger partial charge on any atom is 0.416 e. The lowest BCUT2D eigenvalue weighted by molar-refractivity contribution is -0.143. The van der Waals surface area contributed by atoms with Crippen LogP contribution in [0.1, 0.15) is 29.5 Å². The Morgan fingerprint density at radius 1 is 1.22 bits per heavy atom. The highest BCUT2D eigenvalue weighted by Gasteiger charge is 2.38. The van der Waals surface area contributed by atoms with Crippen molar-refractivity contribution >= 4 is 28.7 Å². The number of amides is 2. The maximum absolute atomic E-state index is 13.4. The van der Waals surface area contributed by atoms with Crippen molar-refractivity contribution in [3.63, 3.8) is 0 Å². The summed E-state index contributed by atoms with van der Waals surface area (Å²) in [4.78, 5) is 30.2. The van der Waals surface area contributed by atoms with Crippen LogP contribution in [0.3, 0.4) is 0 Å². The smallest absolute Gasteiger partial charge is 0.383 e. The molecule has 0 radical (unpaired) electrons. The van der Waals surface area contributed by atoms with Gasteiger partial charge in [0, 0.05) is 20.2 Å². The molecule has 2 fully saturated rings. The first-order valence-corrected chi connectivity index (χ1v) is 12.2. The van der Waals surface area contributed by atoms with Gasteiger partial charge in [-0.3, -0.25) is 19.5 Å². The van der Waals surface area contributed by atoms with Gasteiger partial charge in [-0.05, 0) is 61.3 Å². The second kappa shape index (κ2) is 12.3. The van der Waals surface area contributed by atoms with Crippen molar-refractivity contribution < 1.29 is 40.7 Å². The van der Waals surface area contributed by atoms with E-state index in [9.17, 15) is 35.9 Å². The number of rotatable bonds is 8. The summed E-state index contributed by atoms with van der Waals surface area (Å²) in [6.45, 7) is 1.23. The first kappa shape index (κ1) is 29.0. The normalized spacial score (nSPS) is 20.0. The van der Waals surface area contributed by atoms with Gasteiger partial charge in [0.2, 0.25) is 5.91 Å². The lowest BCUT2D eigenvalue weighted by Gasteiger charge is -2.31. The van der Waals surface area contributed by atoms with Gasteiger partial charge in [-0.2, -0.15) is 26.3 Å². The number of likely N-dealkylation sites (tertiary alicyclic amines) is 1. The molecule has 0 saturated carbocycles. The number of ether oxygens (including phenoxy) is 1. The molecule has 37 heavy (non-hydrogen) atoms. The molecule has 0 spiro atoms. The van der Waals surface area contributed by atoms with Gasteiger partial charge in [-0.25, -0.2) is 0 Å². The number of hydrogen-bond acceptors (Lipinski definition) is 6. The lowest BCUT2D eigenvalue weighted by Crippen LogP contribution is -2.33. The molecular weight excluding hydrogens is 526 g/mol. The third-order valence-corrected chi connectivity index (χ3v) is 6.66. The maximum atomic E-state index is 13.4. The molecule has 1 aromatic carbocycles. The Kier molecular flexibility index (Phi) is 9.64. The van der Waals surface area contributed by atoms with Gasteiger partial charge in [0.25, 0.3) is 5.24 Å². The monoisotopic (exact) mass is 552 g/mol. The molecule has 7 nitrogen and oxygen atoms in total. The molecule has 14 heteroatoms. The van der Waals surface area contributed by atoms with Crippen LogP contribution in [-0.2, 0) is 28.4 Å². The zero-order valence-corrected chi connectivity index (χ0v) is 20.7. The number of piperidine rings is 1. The molecule has 0 bridgehead atoms. The van der Waals surface area contributed by atoms with Gasteiger partial charge in [0.1, 0.15) is 12.4 Å². The Morgan fingerprint density at radius 3 is 2.54 bits per heavy atom. The van der Waals surface area contributed by atoms with Crippen molar-refractivity contribution in [2.45, 2.75) is 31.7 Å². The highest BCUT2D eigenvalue weighted by Crippen LogP contribution is 2.38. The third-order valence-electron chi connectivity index (χ3n) is 5.82. The topological polar surface area (TPSA) is 83.0 Å². The Bertz CT molecular complexity index is 1050. The van der Waals surface area contributed by atoms with Gasteiger partial charge >= 0.3 is 12.4 Å². The first-order valence-electron chi connectivity index (χ1n) is 11.4. The van der Waals surface area contributed by atoms with E-state index in [1.54, 1.807) is 4.90 Å². The molecular formula is C23H26F6N4O3S. The van der Waals surface area contributed by atoms with E-state index in [1.165, 1.54) is 7.11 Å². The van der Waals surface area contributed by atoms with Crippen molar-refractivity contribution in [2.24, 2.45) is 10.9 Å². The highest BCUT2D eigenvalue weighted by atomic mass is 32.2. The van der Waals surface area contributed by atoms with E-state index in [-0.39, 0.29) is 41.8 Å². The van der Waals surface area contributed by atoms with Crippen molar-refractivity contribution in [1.29, 1.82) is 0 Å². The van der Waals surface area contributed by atoms with Crippen LogP contribution in [0.4, 0.5) is 31.1 Å². The van der Waals surface area contributed by atoms with Crippen molar-refractivity contribution in [3.05, 3.63) is 45.9 Å². The van der Waals surface area contributed by atoms with Crippen LogP contribution in [0.25, 0.3) is 0 Å². The second-order valence-corrected chi connectivity index (χ2v) is 9.55. The van der Waals surface area contributed by atoms with E-state index in [1.807, 2.05) is 6.08 Å². The quantitative estimate of drug-likeness (QED) is 0.368. The molecule has 2 aliphatic heterocycles. The molecule has 0 aromatic heterocycles. The second-order valence-electron chi connectivity index (χ2n) is 8.53. The largest absolute Gasteiger partial charge is 0.416 e. The number of alkyl halides is 6. The number of methoxy groups -OCH3 is 1. The van der Waals surface area contributed by atoms with Crippen LogP contribution in [0.2, 0.25) is 0 Å². The number of benzene rings is 1. The molecule has 2 amide bonds. The van der Waals surface area contributed by atoms with E-state index in [4.69, 9.17) is 4.74 Å². The number of thioether (sulfide) groups is 1. The number of aliphatic imine (C=N–C) groups is 1. The average molecular weight is 553 g/mol. The van der Waals surface area contributed by atoms with Gasteiger partial charge in [0.15, 0.2) is 0 Å². The number of halogens is 6. The summed E-state index contributed by atoms with van der Waals surface area (Å²) in [6.07, 6.45) is -6.76. The van der Waals surface area contributed by atoms with Gasteiger partial charge in [0.05, 0.1) is 22.6 Å². The molecule has 2 saturated heterocycles. The minimum Gasteiger partial charge on any atom is -0.383 e. The first-order chi connectivity index (χ1) is 17.4.